The first-order chi connectivity index (χ1) is 21.5. The normalized spacial score (nSPS) is 15.0. The van der Waals surface area contributed by atoms with Gasteiger partial charge in [0.05, 0.1) is 0 Å². The Labute approximate surface area is 248 Å². The summed E-state index contributed by atoms with van der Waals surface area (Å²) in [6.07, 6.45) is -7.33. The Kier molecular flexibility index (Phi) is 8.35. The summed E-state index contributed by atoms with van der Waals surface area (Å²) in [7, 11) is 0. The van der Waals surface area contributed by atoms with E-state index < -0.39 is 122 Å². The van der Waals surface area contributed by atoms with Crippen molar-refractivity contribution in [1.82, 2.24) is 0 Å². The van der Waals surface area contributed by atoms with Gasteiger partial charge >= 0.3 is 0 Å². The van der Waals surface area contributed by atoms with Gasteiger partial charge in [-0.1, -0.05) is 0 Å². The minimum Gasteiger partial charge on any atom is -0.207 e. The van der Waals surface area contributed by atoms with Crippen molar-refractivity contribution in [2.75, 3.05) is 0 Å². The van der Waals surface area contributed by atoms with E-state index in [2.05, 4.69) is 0 Å². The number of halogens is 15. The number of hydrogen-bond acceptors (Lipinski definition) is 0. The van der Waals surface area contributed by atoms with Crippen molar-refractivity contribution < 1.29 is 70.4 Å². The van der Waals surface area contributed by atoms with Crippen LogP contribution in [0.3, 0.4) is 0 Å². The lowest BCUT2D eigenvalue weighted by Crippen LogP contribution is -2.74. The third kappa shape index (κ3) is 4.55. The van der Waals surface area contributed by atoms with Crippen LogP contribution in [0.25, 0.3) is 0 Å². The van der Waals surface area contributed by atoms with Crippen LogP contribution in [-0.4, -0.2) is 6.15 Å². The number of hydrogen-bond donors (Lipinski definition) is 0. The molecule has 1 aliphatic rings. The van der Waals surface area contributed by atoms with E-state index in [1.54, 1.807) is 0 Å². The summed E-state index contributed by atoms with van der Waals surface area (Å²) in [6.45, 7) is 1.38. The van der Waals surface area contributed by atoms with E-state index in [1.165, 1.54) is 29.7 Å². The SMILES string of the molecule is Cc1cccc2[n+]1C(C[B-](c1c(F)c(F)c(F)c(F)c1F)(c1c(F)c(F)c(F)c(F)c1F)c1c(F)c(F)c(F)c(F)c1F)CCC2. The van der Waals surface area contributed by atoms with Crippen LogP contribution in [0.2, 0.25) is 6.32 Å². The maximum atomic E-state index is 15.8. The van der Waals surface area contributed by atoms with Gasteiger partial charge in [-0.25, -0.2) is 70.4 Å². The maximum absolute atomic E-state index is 15.8. The highest BCUT2D eigenvalue weighted by Gasteiger charge is 2.50. The molecule has 0 saturated carbocycles. The summed E-state index contributed by atoms with van der Waals surface area (Å²) in [6, 6.07) is 2.71. The average molecular weight is 673 g/mol. The minimum absolute atomic E-state index is 0.0611. The van der Waals surface area contributed by atoms with Crippen LogP contribution in [-0.2, 0) is 6.42 Å². The number of aryl methyl sites for hydroxylation is 2. The van der Waals surface area contributed by atoms with Crippen molar-refractivity contribution in [1.29, 1.82) is 0 Å². The van der Waals surface area contributed by atoms with E-state index in [1.807, 2.05) is 0 Å². The molecule has 0 bridgehead atoms. The van der Waals surface area contributed by atoms with Gasteiger partial charge in [0.25, 0.3) is 0 Å². The molecule has 0 spiro atoms. The maximum Gasteiger partial charge on any atom is 0.200 e. The minimum atomic E-state index is -5.61. The van der Waals surface area contributed by atoms with Gasteiger partial charge in [-0.3, -0.25) is 0 Å². The van der Waals surface area contributed by atoms with Gasteiger partial charge < -0.3 is 0 Å². The van der Waals surface area contributed by atoms with Crippen molar-refractivity contribution >= 4 is 22.5 Å². The molecule has 0 saturated heterocycles. The number of fused-ring (bicyclic) bond motifs is 1. The molecule has 0 amide bonds. The van der Waals surface area contributed by atoms with Gasteiger partial charge in [-0.05, 0) is 12.5 Å². The second-order valence-electron chi connectivity index (χ2n) is 10.8. The third-order valence-corrected chi connectivity index (χ3v) is 8.49. The monoisotopic (exact) mass is 673 g/mol. The highest BCUT2D eigenvalue weighted by atomic mass is 19.2. The molecule has 1 aromatic heterocycles. The van der Waals surface area contributed by atoms with Crippen LogP contribution >= 0.6 is 0 Å². The predicted octanol–water partition coefficient (Wildman–Crippen LogP) is 6.42. The third-order valence-electron chi connectivity index (χ3n) is 8.49. The molecule has 0 N–H and O–H groups in total. The lowest BCUT2D eigenvalue weighted by atomic mass is 9.13. The van der Waals surface area contributed by atoms with E-state index in [0.717, 1.165) is 0 Å². The zero-order valence-corrected chi connectivity index (χ0v) is 22.8. The second-order valence-corrected chi connectivity index (χ2v) is 10.8. The number of aromatic nitrogens is 1. The fourth-order valence-electron chi connectivity index (χ4n) is 6.64. The van der Waals surface area contributed by atoms with Crippen molar-refractivity contribution in [3.63, 3.8) is 0 Å². The molecule has 5 rings (SSSR count). The molecular weight excluding hydrogens is 658 g/mol. The summed E-state index contributed by atoms with van der Waals surface area (Å²) in [5.41, 5.74) is -7.22. The molecule has 244 valence electrons. The van der Waals surface area contributed by atoms with Crippen molar-refractivity contribution in [3.8, 4) is 0 Å². The summed E-state index contributed by atoms with van der Waals surface area (Å²) in [5.74, 6) is -44.8. The second kappa shape index (κ2) is 11.6. The van der Waals surface area contributed by atoms with Crippen LogP contribution in [0.15, 0.2) is 18.2 Å². The number of benzene rings is 3. The first kappa shape index (κ1) is 33.2. The van der Waals surface area contributed by atoms with Gasteiger partial charge in [-0.15, -0.1) is 22.7 Å². The summed E-state index contributed by atoms with van der Waals surface area (Å²) >= 11 is 0. The quantitative estimate of drug-likeness (QED) is 0.0758. The molecule has 3 aromatic carbocycles. The van der Waals surface area contributed by atoms with Crippen molar-refractivity contribution in [3.05, 3.63) is 117 Å². The zero-order chi connectivity index (χ0) is 34.2. The van der Waals surface area contributed by atoms with E-state index in [0.29, 0.717) is 5.69 Å². The Morgan fingerprint density at radius 3 is 1.20 bits per heavy atom. The number of rotatable bonds is 5. The van der Waals surface area contributed by atoms with E-state index in [9.17, 15) is 39.5 Å². The molecule has 17 heteroatoms. The molecule has 2 heterocycles. The van der Waals surface area contributed by atoms with Crippen molar-refractivity contribution in [2.45, 2.75) is 38.5 Å². The Morgan fingerprint density at radius 1 is 0.522 bits per heavy atom. The first-order valence-electron chi connectivity index (χ1n) is 13.2. The smallest absolute Gasteiger partial charge is 0.200 e. The van der Waals surface area contributed by atoms with Crippen LogP contribution in [0.5, 0.6) is 0 Å². The average Bonchev–Trinajstić information content (AvgIpc) is 3.03. The van der Waals surface area contributed by atoms with Gasteiger partial charge in [0.2, 0.25) is 0 Å². The molecule has 1 unspecified atom stereocenters. The van der Waals surface area contributed by atoms with Gasteiger partial charge in [-0.2, -0.15) is 0 Å². The molecule has 1 nitrogen and oxygen atoms in total. The Hall–Kier alpha value is -4.18. The van der Waals surface area contributed by atoms with Gasteiger partial charge in [0, 0.05) is 31.9 Å². The Morgan fingerprint density at radius 2 is 0.848 bits per heavy atom. The van der Waals surface area contributed by atoms with E-state index in [-0.39, 0.29) is 25.0 Å². The van der Waals surface area contributed by atoms with E-state index in [4.69, 9.17) is 0 Å². The molecule has 1 aliphatic heterocycles. The van der Waals surface area contributed by atoms with Crippen LogP contribution in [0, 0.1) is 94.2 Å². The lowest BCUT2D eigenvalue weighted by Gasteiger charge is -2.45. The van der Waals surface area contributed by atoms with E-state index >= 15 is 26.3 Å². The topological polar surface area (TPSA) is 3.88 Å². The number of pyridine rings is 1. The van der Waals surface area contributed by atoms with Crippen LogP contribution in [0.1, 0.15) is 30.3 Å². The van der Waals surface area contributed by atoms with Gasteiger partial charge in [0.1, 0.15) is 47.1 Å². The highest BCUT2D eigenvalue weighted by molar-refractivity contribution is 7.11. The fourth-order valence-corrected chi connectivity index (χ4v) is 6.64. The van der Waals surface area contributed by atoms with Gasteiger partial charge in [0.15, 0.2) is 63.7 Å². The molecule has 1 atom stereocenters. The number of nitrogens with zero attached hydrogens (tertiary/aromatic N) is 1. The Bertz CT molecular complexity index is 1690. The lowest BCUT2D eigenvalue weighted by molar-refractivity contribution is -0.737. The summed E-state index contributed by atoms with van der Waals surface area (Å²) in [4.78, 5) is 0. The van der Waals surface area contributed by atoms with Crippen LogP contribution < -0.4 is 21.0 Å². The molecule has 0 aliphatic carbocycles. The molecule has 46 heavy (non-hydrogen) atoms. The highest BCUT2D eigenvalue weighted by Crippen LogP contribution is 2.34. The molecular formula is C29H15BF15N. The molecule has 0 radical (unpaired) electrons. The molecule has 0 fully saturated rings. The summed E-state index contributed by atoms with van der Waals surface area (Å²) in [5, 5.41) is 0. The molecule has 4 aromatic rings. The standard InChI is InChI=1S/C29H15BF15N/c1-9-4-2-5-10-6-3-7-11(46(9)10)8-30(12-15(31)21(37)27(43)22(38)16(12)32,13-17(33)23(39)28(44)24(40)18(13)34)14-19(35)25(41)29(45)26(42)20(14)36/h2,4-5,11H,3,6-8H2,1H3. The van der Waals surface area contributed by atoms with Crippen molar-refractivity contribution in [2.24, 2.45) is 0 Å². The predicted molar refractivity (Wildman–Crippen MR) is 132 cm³/mol. The largest absolute Gasteiger partial charge is 0.207 e. The Balaban J connectivity index is 2.13. The van der Waals surface area contributed by atoms with Crippen LogP contribution in [0.4, 0.5) is 65.9 Å². The first-order valence-corrected chi connectivity index (χ1v) is 13.2. The zero-order valence-electron chi connectivity index (χ0n) is 22.8. The summed E-state index contributed by atoms with van der Waals surface area (Å²) < 4.78 is 227. The fraction of sp³-hybridized carbons (Fsp3) is 0.207.